The first-order valence-corrected chi connectivity index (χ1v) is 7.03. The van der Waals surface area contributed by atoms with Crippen molar-refractivity contribution in [3.05, 3.63) is 23.7 Å². The Kier molecular flexibility index (Phi) is 3.02. The van der Waals surface area contributed by atoms with E-state index in [1.54, 1.807) is 0 Å². The first-order valence-electron chi connectivity index (χ1n) is 6.59. The maximum Gasteiger partial charge on any atom is 0.160 e. The maximum absolute atomic E-state index is 6.32. The molecular weight excluding hydrogens is 262 g/mol. The zero-order valence-electron chi connectivity index (χ0n) is 11.5. The molecule has 0 aliphatic carbocycles. The Hall–Kier alpha value is -1.13. The predicted octanol–water partition coefficient (Wildman–Crippen LogP) is 3.18. The minimum Gasteiger partial charge on any atom is -0.379 e. The standard InChI is InChI=1S/C14H18ClN3O/c1-9-4-6-16-13-11(9)17-12(10(2)15)18(13)14(3)5-7-19-8-14/h4,6,10H,5,7-8H2,1-3H3. The minimum absolute atomic E-state index is 0.103. The van der Waals surface area contributed by atoms with Crippen LogP contribution in [0.5, 0.6) is 0 Å². The smallest absolute Gasteiger partial charge is 0.160 e. The van der Waals surface area contributed by atoms with E-state index in [9.17, 15) is 0 Å². The van der Waals surface area contributed by atoms with E-state index in [1.807, 2.05) is 19.2 Å². The number of rotatable bonds is 2. The SMILES string of the molecule is Cc1ccnc2c1nc(C(C)Cl)n2C1(C)CCOC1. The second-order valence-corrected chi connectivity index (χ2v) is 6.18. The average Bonchev–Trinajstić information content (AvgIpc) is 2.94. The summed E-state index contributed by atoms with van der Waals surface area (Å²) in [6.07, 6.45) is 2.79. The van der Waals surface area contributed by atoms with Crippen LogP contribution in [0.4, 0.5) is 0 Å². The quantitative estimate of drug-likeness (QED) is 0.793. The number of nitrogens with zero attached hydrogens (tertiary/aromatic N) is 3. The number of alkyl halides is 1. The Morgan fingerprint density at radius 1 is 1.53 bits per heavy atom. The van der Waals surface area contributed by atoms with Crippen molar-refractivity contribution in [2.75, 3.05) is 13.2 Å². The number of ether oxygens (including phenoxy) is 1. The first-order chi connectivity index (χ1) is 9.03. The number of hydrogen-bond donors (Lipinski definition) is 0. The van der Waals surface area contributed by atoms with E-state index in [1.165, 1.54) is 0 Å². The molecule has 2 atom stereocenters. The number of aryl methyl sites for hydroxylation is 1. The molecule has 2 unspecified atom stereocenters. The fraction of sp³-hybridized carbons (Fsp3) is 0.571. The largest absolute Gasteiger partial charge is 0.379 e. The van der Waals surface area contributed by atoms with Crippen LogP contribution in [-0.2, 0) is 10.3 Å². The molecule has 0 radical (unpaired) electrons. The third-order valence-corrected chi connectivity index (χ3v) is 4.06. The summed E-state index contributed by atoms with van der Waals surface area (Å²) in [5, 5.41) is -0.147. The van der Waals surface area contributed by atoms with Gasteiger partial charge in [0.1, 0.15) is 11.3 Å². The Labute approximate surface area is 117 Å². The topological polar surface area (TPSA) is 39.9 Å². The van der Waals surface area contributed by atoms with Gasteiger partial charge in [-0.3, -0.25) is 0 Å². The lowest BCUT2D eigenvalue weighted by atomic mass is 10.0. The van der Waals surface area contributed by atoms with Crippen molar-refractivity contribution in [2.24, 2.45) is 0 Å². The van der Waals surface area contributed by atoms with Crippen molar-refractivity contribution in [3.8, 4) is 0 Å². The summed E-state index contributed by atoms with van der Waals surface area (Å²) in [4.78, 5) is 9.24. The van der Waals surface area contributed by atoms with Crippen molar-refractivity contribution in [3.63, 3.8) is 0 Å². The molecule has 1 fully saturated rings. The van der Waals surface area contributed by atoms with Gasteiger partial charge >= 0.3 is 0 Å². The summed E-state index contributed by atoms with van der Waals surface area (Å²) in [6, 6.07) is 1.98. The lowest BCUT2D eigenvalue weighted by molar-refractivity contribution is 0.161. The van der Waals surface area contributed by atoms with Crippen LogP contribution >= 0.6 is 11.6 Å². The number of fused-ring (bicyclic) bond motifs is 1. The highest BCUT2D eigenvalue weighted by molar-refractivity contribution is 6.20. The predicted molar refractivity (Wildman–Crippen MR) is 75.6 cm³/mol. The zero-order valence-corrected chi connectivity index (χ0v) is 12.2. The molecule has 1 aliphatic heterocycles. The Morgan fingerprint density at radius 2 is 2.32 bits per heavy atom. The van der Waals surface area contributed by atoms with Gasteiger partial charge in [-0.2, -0.15) is 0 Å². The van der Waals surface area contributed by atoms with Gasteiger partial charge in [0.2, 0.25) is 0 Å². The van der Waals surface area contributed by atoms with Crippen LogP contribution in [0.2, 0.25) is 0 Å². The Morgan fingerprint density at radius 3 is 2.95 bits per heavy atom. The van der Waals surface area contributed by atoms with Crippen LogP contribution in [0, 0.1) is 6.92 Å². The van der Waals surface area contributed by atoms with E-state index in [-0.39, 0.29) is 10.9 Å². The van der Waals surface area contributed by atoms with Gasteiger partial charge in [0, 0.05) is 12.8 Å². The molecule has 0 N–H and O–H groups in total. The maximum atomic E-state index is 6.32. The molecule has 3 heterocycles. The van der Waals surface area contributed by atoms with E-state index in [2.05, 4.69) is 23.4 Å². The van der Waals surface area contributed by atoms with E-state index in [0.717, 1.165) is 35.6 Å². The molecule has 2 aromatic heterocycles. The van der Waals surface area contributed by atoms with Gasteiger partial charge < -0.3 is 9.30 Å². The molecule has 0 saturated carbocycles. The third-order valence-electron chi connectivity index (χ3n) is 3.87. The normalized spacial score (nSPS) is 25.1. The molecule has 1 aliphatic rings. The lowest BCUT2D eigenvalue weighted by Crippen LogP contribution is -2.32. The highest BCUT2D eigenvalue weighted by Gasteiger charge is 2.36. The van der Waals surface area contributed by atoms with Crippen molar-refractivity contribution in [1.29, 1.82) is 0 Å². The highest BCUT2D eigenvalue weighted by Crippen LogP contribution is 2.35. The molecule has 102 valence electrons. The summed E-state index contributed by atoms with van der Waals surface area (Å²) in [7, 11) is 0. The zero-order chi connectivity index (χ0) is 13.6. The first kappa shape index (κ1) is 12.9. The van der Waals surface area contributed by atoms with Crippen LogP contribution in [0.25, 0.3) is 11.2 Å². The molecule has 0 aromatic carbocycles. The van der Waals surface area contributed by atoms with E-state index < -0.39 is 0 Å². The second kappa shape index (κ2) is 4.46. The summed E-state index contributed by atoms with van der Waals surface area (Å²) >= 11 is 6.32. The lowest BCUT2D eigenvalue weighted by Gasteiger charge is -2.27. The van der Waals surface area contributed by atoms with Crippen molar-refractivity contribution < 1.29 is 4.74 Å². The van der Waals surface area contributed by atoms with Crippen LogP contribution in [0.1, 0.15) is 37.0 Å². The number of halogens is 1. The molecule has 4 nitrogen and oxygen atoms in total. The molecular formula is C14H18ClN3O. The van der Waals surface area contributed by atoms with Crippen molar-refractivity contribution in [2.45, 2.75) is 38.1 Å². The third kappa shape index (κ3) is 1.94. The molecule has 0 bridgehead atoms. The molecule has 5 heteroatoms. The highest BCUT2D eigenvalue weighted by atomic mass is 35.5. The fourth-order valence-electron chi connectivity index (χ4n) is 2.74. The number of hydrogen-bond acceptors (Lipinski definition) is 3. The molecule has 0 spiro atoms. The fourth-order valence-corrected chi connectivity index (χ4v) is 2.89. The van der Waals surface area contributed by atoms with Gasteiger partial charge in [0.05, 0.1) is 17.5 Å². The molecule has 3 rings (SSSR count). The molecule has 1 saturated heterocycles. The van der Waals surface area contributed by atoms with E-state index in [0.29, 0.717) is 6.61 Å². The summed E-state index contributed by atoms with van der Waals surface area (Å²) < 4.78 is 7.76. The minimum atomic E-state index is -0.147. The number of pyridine rings is 1. The number of aromatic nitrogens is 3. The van der Waals surface area contributed by atoms with Crippen LogP contribution < -0.4 is 0 Å². The average molecular weight is 280 g/mol. The monoisotopic (exact) mass is 279 g/mol. The summed E-state index contributed by atoms with van der Waals surface area (Å²) in [5.74, 6) is 0.881. The van der Waals surface area contributed by atoms with Crippen molar-refractivity contribution in [1.82, 2.24) is 14.5 Å². The Bertz CT molecular complexity index is 614. The van der Waals surface area contributed by atoms with Crippen LogP contribution in [-0.4, -0.2) is 27.7 Å². The number of imidazole rings is 1. The van der Waals surface area contributed by atoms with Gasteiger partial charge in [-0.1, -0.05) is 0 Å². The molecule has 19 heavy (non-hydrogen) atoms. The van der Waals surface area contributed by atoms with Gasteiger partial charge in [0.15, 0.2) is 5.65 Å². The summed E-state index contributed by atoms with van der Waals surface area (Å²) in [5.41, 5.74) is 2.88. The van der Waals surface area contributed by atoms with E-state index in [4.69, 9.17) is 21.3 Å². The van der Waals surface area contributed by atoms with Crippen molar-refractivity contribution >= 4 is 22.8 Å². The summed E-state index contributed by atoms with van der Waals surface area (Å²) in [6.45, 7) is 7.65. The van der Waals surface area contributed by atoms with Gasteiger partial charge in [0.25, 0.3) is 0 Å². The van der Waals surface area contributed by atoms with Gasteiger partial charge in [-0.05, 0) is 38.8 Å². The molecule has 2 aromatic rings. The van der Waals surface area contributed by atoms with Gasteiger partial charge in [-0.25, -0.2) is 9.97 Å². The van der Waals surface area contributed by atoms with Crippen LogP contribution in [0.15, 0.2) is 12.3 Å². The van der Waals surface area contributed by atoms with Crippen LogP contribution in [0.3, 0.4) is 0 Å². The van der Waals surface area contributed by atoms with E-state index >= 15 is 0 Å². The second-order valence-electron chi connectivity index (χ2n) is 5.52. The van der Waals surface area contributed by atoms with Gasteiger partial charge in [-0.15, -0.1) is 11.6 Å². The Balaban J connectivity index is 2.31. The molecule has 0 amide bonds.